The molecule has 0 aliphatic heterocycles. The highest BCUT2D eigenvalue weighted by atomic mass is 16.3. The van der Waals surface area contributed by atoms with Crippen molar-refractivity contribution in [2.45, 2.75) is 45.6 Å². The van der Waals surface area contributed by atoms with Gasteiger partial charge in [0, 0.05) is 19.0 Å². The first-order chi connectivity index (χ1) is 6.69. The molecular weight excluding hydrogens is 178 g/mol. The zero-order valence-corrected chi connectivity index (χ0v) is 9.20. The van der Waals surface area contributed by atoms with Crippen LogP contribution in [0.2, 0.25) is 0 Å². The zero-order chi connectivity index (χ0) is 10.6. The molecule has 1 amide bonds. The molecule has 0 spiro atoms. The lowest BCUT2D eigenvalue weighted by Crippen LogP contribution is -2.38. The third kappa shape index (κ3) is 2.71. The van der Waals surface area contributed by atoms with Gasteiger partial charge in [0.2, 0.25) is 5.91 Å². The minimum atomic E-state index is -0.171. The average molecular weight is 199 g/mol. The summed E-state index contributed by atoms with van der Waals surface area (Å²) >= 11 is 0. The first kappa shape index (κ1) is 11.5. The Labute approximate surface area is 86.1 Å². The van der Waals surface area contributed by atoms with Gasteiger partial charge in [0.25, 0.3) is 0 Å². The van der Waals surface area contributed by atoms with Gasteiger partial charge in [-0.2, -0.15) is 0 Å². The SMILES string of the molecule is CCN(CC)C(=O)C1CCC(O)CC1. The van der Waals surface area contributed by atoms with Gasteiger partial charge in [-0.3, -0.25) is 4.79 Å². The summed E-state index contributed by atoms with van der Waals surface area (Å²) < 4.78 is 0. The van der Waals surface area contributed by atoms with E-state index in [0.29, 0.717) is 0 Å². The summed E-state index contributed by atoms with van der Waals surface area (Å²) in [6.45, 7) is 5.63. The quantitative estimate of drug-likeness (QED) is 0.746. The van der Waals surface area contributed by atoms with E-state index < -0.39 is 0 Å². The van der Waals surface area contributed by atoms with Gasteiger partial charge in [0.05, 0.1) is 6.10 Å². The van der Waals surface area contributed by atoms with Crippen molar-refractivity contribution in [3.8, 4) is 0 Å². The fraction of sp³-hybridized carbons (Fsp3) is 0.909. The van der Waals surface area contributed by atoms with Gasteiger partial charge in [-0.05, 0) is 39.5 Å². The average Bonchev–Trinajstić information content (AvgIpc) is 2.20. The molecular formula is C11H21NO2. The molecule has 1 fully saturated rings. The summed E-state index contributed by atoms with van der Waals surface area (Å²) in [6.07, 6.45) is 3.12. The van der Waals surface area contributed by atoms with E-state index in [1.54, 1.807) is 0 Å². The maximum Gasteiger partial charge on any atom is 0.225 e. The van der Waals surface area contributed by atoms with Crippen LogP contribution in [0, 0.1) is 5.92 Å². The van der Waals surface area contributed by atoms with E-state index in [0.717, 1.165) is 38.8 Å². The smallest absolute Gasteiger partial charge is 0.225 e. The Kier molecular flexibility index (Phi) is 4.39. The first-order valence-corrected chi connectivity index (χ1v) is 5.65. The number of hydrogen-bond donors (Lipinski definition) is 1. The van der Waals surface area contributed by atoms with Crippen LogP contribution in [0.1, 0.15) is 39.5 Å². The molecule has 3 heteroatoms. The normalized spacial score (nSPS) is 27.4. The lowest BCUT2D eigenvalue weighted by molar-refractivity contribution is -0.136. The largest absolute Gasteiger partial charge is 0.393 e. The molecule has 0 aromatic heterocycles. The van der Waals surface area contributed by atoms with Crippen molar-refractivity contribution in [3.63, 3.8) is 0 Å². The van der Waals surface area contributed by atoms with Gasteiger partial charge in [0.15, 0.2) is 0 Å². The van der Waals surface area contributed by atoms with E-state index in [4.69, 9.17) is 0 Å². The number of amides is 1. The van der Waals surface area contributed by atoms with Crippen LogP contribution >= 0.6 is 0 Å². The summed E-state index contributed by atoms with van der Waals surface area (Å²) in [7, 11) is 0. The van der Waals surface area contributed by atoms with Crippen LogP contribution in [0.15, 0.2) is 0 Å². The van der Waals surface area contributed by atoms with Crippen LogP contribution in [-0.4, -0.2) is 35.1 Å². The number of aliphatic hydroxyl groups excluding tert-OH is 1. The molecule has 1 saturated carbocycles. The van der Waals surface area contributed by atoms with Gasteiger partial charge in [-0.1, -0.05) is 0 Å². The molecule has 0 unspecified atom stereocenters. The summed E-state index contributed by atoms with van der Waals surface area (Å²) in [4.78, 5) is 13.8. The van der Waals surface area contributed by atoms with Crippen molar-refractivity contribution in [1.29, 1.82) is 0 Å². The van der Waals surface area contributed by atoms with Gasteiger partial charge in [-0.15, -0.1) is 0 Å². The topological polar surface area (TPSA) is 40.5 Å². The molecule has 1 aliphatic rings. The van der Waals surface area contributed by atoms with Crippen LogP contribution in [0.4, 0.5) is 0 Å². The van der Waals surface area contributed by atoms with E-state index >= 15 is 0 Å². The molecule has 82 valence electrons. The number of nitrogens with zero attached hydrogens (tertiary/aromatic N) is 1. The van der Waals surface area contributed by atoms with Crippen molar-refractivity contribution >= 4 is 5.91 Å². The Morgan fingerprint density at radius 2 is 1.71 bits per heavy atom. The molecule has 0 aromatic carbocycles. The first-order valence-electron chi connectivity index (χ1n) is 5.65. The molecule has 1 N–H and O–H groups in total. The number of carbonyl (C=O) groups excluding carboxylic acids is 1. The molecule has 0 bridgehead atoms. The van der Waals surface area contributed by atoms with Crippen LogP contribution in [0.25, 0.3) is 0 Å². The van der Waals surface area contributed by atoms with Gasteiger partial charge >= 0.3 is 0 Å². The standard InChI is InChI=1S/C11H21NO2/c1-3-12(4-2)11(14)9-5-7-10(13)8-6-9/h9-10,13H,3-8H2,1-2H3. The maximum absolute atomic E-state index is 11.9. The molecule has 14 heavy (non-hydrogen) atoms. The Bertz CT molecular complexity index is 182. The molecule has 0 heterocycles. The van der Waals surface area contributed by atoms with Gasteiger partial charge < -0.3 is 10.0 Å². The van der Waals surface area contributed by atoms with Crippen LogP contribution in [0.5, 0.6) is 0 Å². The predicted octanol–water partition coefficient (Wildman–Crippen LogP) is 1.41. The van der Waals surface area contributed by atoms with E-state index in [1.807, 2.05) is 18.7 Å². The molecule has 1 aliphatic carbocycles. The van der Waals surface area contributed by atoms with Crippen molar-refractivity contribution < 1.29 is 9.90 Å². The van der Waals surface area contributed by atoms with Gasteiger partial charge in [-0.25, -0.2) is 0 Å². The minimum absolute atomic E-state index is 0.165. The lowest BCUT2D eigenvalue weighted by Gasteiger charge is -2.29. The molecule has 0 aromatic rings. The fourth-order valence-electron chi connectivity index (χ4n) is 2.12. The fourth-order valence-corrected chi connectivity index (χ4v) is 2.12. The van der Waals surface area contributed by atoms with Crippen molar-refractivity contribution in [3.05, 3.63) is 0 Å². The predicted molar refractivity (Wildman–Crippen MR) is 55.9 cm³/mol. The van der Waals surface area contributed by atoms with Crippen molar-refractivity contribution in [2.75, 3.05) is 13.1 Å². The number of rotatable bonds is 3. The molecule has 1 rings (SSSR count). The van der Waals surface area contributed by atoms with Crippen LogP contribution in [-0.2, 0) is 4.79 Å². The number of hydrogen-bond acceptors (Lipinski definition) is 2. The molecule has 3 nitrogen and oxygen atoms in total. The number of carbonyl (C=O) groups is 1. The third-order valence-electron chi connectivity index (χ3n) is 3.12. The molecule has 0 saturated heterocycles. The van der Waals surface area contributed by atoms with Crippen LogP contribution < -0.4 is 0 Å². The van der Waals surface area contributed by atoms with E-state index in [-0.39, 0.29) is 17.9 Å². The highest BCUT2D eigenvalue weighted by Gasteiger charge is 2.27. The summed E-state index contributed by atoms with van der Waals surface area (Å²) in [6, 6.07) is 0. The molecule has 0 atom stereocenters. The second kappa shape index (κ2) is 5.35. The summed E-state index contributed by atoms with van der Waals surface area (Å²) in [5.74, 6) is 0.445. The second-order valence-corrected chi connectivity index (χ2v) is 4.02. The monoisotopic (exact) mass is 199 g/mol. The highest BCUT2D eigenvalue weighted by Crippen LogP contribution is 2.25. The van der Waals surface area contributed by atoms with E-state index in [2.05, 4.69) is 0 Å². The highest BCUT2D eigenvalue weighted by molar-refractivity contribution is 5.78. The maximum atomic E-state index is 11.9. The Balaban J connectivity index is 2.44. The molecule has 0 radical (unpaired) electrons. The van der Waals surface area contributed by atoms with Crippen LogP contribution in [0.3, 0.4) is 0 Å². The Morgan fingerprint density at radius 3 is 2.14 bits per heavy atom. The lowest BCUT2D eigenvalue weighted by atomic mass is 9.86. The second-order valence-electron chi connectivity index (χ2n) is 4.02. The third-order valence-corrected chi connectivity index (χ3v) is 3.12. The Hall–Kier alpha value is -0.570. The van der Waals surface area contributed by atoms with Gasteiger partial charge in [0.1, 0.15) is 0 Å². The Morgan fingerprint density at radius 1 is 1.21 bits per heavy atom. The van der Waals surface area contributed by atoms with E-state index in [1.165, 1.54) is 0 Å². The number of aliphatic hydroxyl groups is 1. The zero-order valence-electron chi connectivity index (χ0n) is 9.20. The van der Waals surface area contributed by atoms with Crippen molar-refractivity contribution in [2.24, 2.45) is 5.92 Å². The summed E-state index contributed by atoms with van der Waals surface area (Å²) in [5, 5.41) is 9.34. The van der Waals surface area contributed by atoms with Crippen molar-refractivity contribution in [1.82, 2.24) is 4.90 Å². The van der Waals surface area contributed by atoms with E-state index in [9.17, 15) is 9.90 Å². The minimum Gasteiger partial charge on any atom is -0.393 e. The summed E-state index contributed by atoms with van der Waals surface area (Å²) in [5.41, 5.74) is 0.